The van der Waals surface area contributed by atoms with E-state index in [1.165, 1.54) is 4.90 Å². The Labute approximate surface area is 201 Å². The predicted molar refractivity (Wildman–Crippen MR) is 122 cm³/mol. The topological polar surface area (TPSA) is 118 Å². The van der Waals surface area contributed by atoms with E-state index < -0.39 is 41.6 Å². The van der Waals surface area contributed by atoms with E-state index in [2.05, 4.69) is 10.2 Å². The van der Waals surface area contributed by atoms with Gasteiger partial charge in [0.2, 0.25) is 11.8 Å². The number of morpholine rings is 1. The normalized spacial score (nSPS) is 33.9. The van der Waals surface area contributed by atoms with Crippen LogP contribution in [0.3, 0.4) is 0 Å². The largest absolute Gasteiger partial charge is 0.466 e. The number of amides is 2. The lowest BCUT2D eigenvalue weighted by Gasteiger charge is -2.37. The molecule has 0 unspecified atom stereocenters. The number of nitrogens with one attached hydrogen (secondary N) is 1. The van der Waals surface area contributed by atoms with Gasteiger partial charge in [-0.1, -0.05) is 13.8 Å². The number of esters is 1. The third kappa shape index (κ3) is 4.45. The molecule has 0 aliphatic carbocycles. The minimum atomic E-state index is -1.06. The molecule has 4 heterocycles. The first-order valence-electron chi connectivity index (χ1n) is 12.7. The van der Waals surface area contributed by atoms with Gasteiger partial charge < -0.3 is 29.5 Å². The van der Waals surface area contributed by atoms with E-state index in [1.807, 2.05) is 13.8 Å². The molecule has 34 heavy (non-hydrogen) atoms. The Morgan fingerprint density at radius 2 is 2.03 bits per heavy atom. The smallest absolute Gasteiger partial charge is 0.312 e. The highest BCUT2D eigenvalue weighted by molar-refractivity contribution is 5.98. The zero-order valence-corrected chi connectivity index (χ0v) is 20.5. The van der Waals surface area contributed by atoms with Crippen LogP contribution in [0.4, 0.5) is 0 Å². The summed E-state index contributed by atoms with van der Waals surface area (Å²) in [6.45, 7) is 9.88. The van der Waals surface area contributed by atoms with Crippen LogP contribution in [0, 0.1) is 17.8 Å². The predicted octanol–water partition coefficient (Wildman–Crippen LogP) is -0.220. The maximum absolute atomic E-state index is 13.8. The standard InChI is InChI=1S/C24H39N3O7/c1-4-33-23(31)18-17-5-6-24(34-17)19(18)22(30)27(16(14-28)13-15(2)3)20(24)21(29)25-7-8-26-9-11-32-12-10-26/h15-20,28H,4-14H2,1-3H3,(H,25,29)/t16-,17+,18-,19-,20+,24-/m1/s1. The van der Waals surface area contributed by atoms with Gasteiger partial charge in [-0.2, -0.15) is 0 Å². The maximum atomic E-state index is 13.8. The van der Waals surface area contributed by atoms with Gasteiger partial charge in [0.15, 0.2) is 0 Å². The van der Waals surface area contributed by atoms with E-state index in [9.17, 15) is 19.5 Å². The lowest BCUT2D eigenvalue weighted by atomic mass is 9.71. The first-order valence-corrected chi connectivity index (χ1v) is 12.7. The number of aliphatic hydroxyl groups excluding tert-OH is 1. The zero-order valence-electron chi connectivity index (χ0n) is 20.5. The molecule has 4 rings (SSSR count). The molecular weight excluding hydrogens is 442 g/mol. The minimum absolute atomic E-state index is 0.214. The summed E-state index contributed by atoms with van der Waals surface area (Å²) < 4.78 is 17.0. The molecule has 0 aromatic carbocycles. The molecule has 1 spiro atoms. The van der Waals surface area contributed by atoms with Crippen molar-refractivity contribution in [1.29, 1.82) is 0 Å². The third-order valence-corrected chi connectivity index (χ3v) is 7.72. The van der Waals surface area contributed by atoms with Crippen LogP contribution in [0.25, 0.3) is 0 Å². The molecule has 192 valence electrons. The first-order chi connectivity index (χ1) is 16.3. The van der Waals surface area contributed by atoms with E-state index >= 15 is 0 Å². The summed E-state index contributed by atoms with van der Waals surface area (Å²) >= 11 is 0. The Balaban J connectivity index is 1.58. The van der Waals surface area contributed by atoms with E-state index in [0.717, 1.165) is 13.1 Å². The fourth-order valence-corrected chi connectivity index (χ4v) is 6.37. The number of carbonyl (C=O) groups excluding carboxylic acids is 3. The second-order valence-corrected chi connectivity index (χ2v) is 10.3. The lowest BCUT2D eigenvalue weighted by Crippen LogP contribution is -2.58. The van der Waals surface area contributed by atoms with Gasteiger partial charge in [0, 0.05) is 26.2 Å². The molecule has 0 aromatic rings. The number of ether oxygens (including phenoxy) is 3. The summed E-state index contributed by atoms with van der Waals surface area (Å²) in [7, 11) is 0. The van der Waals surface area contributed by atoms with Gasteiger partial charge in [-0.05, 0) is 32.1 Å². The summed E-state index contributed by atoms with van der Waals surface area (Å²) in [5.74, 6) is -2.27. The molecule has 4 aliphatic rings. The number of fused-ring (bicyclic) bond motifs is 1. The van der Waals surface area contributed by atoms with Crippen LogP contribution in [-0.4, -0.2) is 109 Å². The minimum Gasteiger partial charge on any atom is -0.466 e. The Morgan fingerprint density at radius 1 is 1.29 bits per heavy atom. The summed E-state index contributed by atoms with van der Waals surface area (Å²) in [5, 5.41) is 13.2. The Kier molecular flexibility index (Phi) is 7.81. The number of hydrogen-bond acceptors (Lipinski definition) is 8. The molecule has 0 saturated carbocycles. The van der Waals surface area contributed by atoms with Crippen molar-refractivity contribution in [3.63, 3.8) is 0 Å². The second kappa shape index (κ2) is 10.5. The second-order valence-electron chi connectivity index (χ2n) is 10.3. The summed E-state index contributed by atoms with van der Waals surface area (Å²) in [5.41, 5.74) is -1.06. The van der Waals surface area contributed by atoms with Crippen molar-refractivity contribution in [3.05, 3.63) is 0 Å². The molecule has 0 radical (unpaired) electrons. The Bertz CT molecular complexity index is 772. The van der Waals surface area contributed by atoms with Gasteiger partial charge in [-0.15, -0.1) is 0 Å². The van der Waals surface area contributed by atoms with Crippen molar-refractivity contribution in [1.82, 2.24) is 15.1 Å². The zero-order chi connectivity index (χ0) is 24.5. The van der Waals surface area contributed by atoms with Gasteiger partial charge in [-0.3, -0.25) is 19.3 Å². The van der Waals surface area contributed by atoms with Gasteiger partial charge in [0.1, 0.15) is 11.6 Å². The average Bonchev–Trinajstić information content (AvgIpc) is 3.45. The number of likely N-dealkylation sites (tertiary alicyclic amines) is 1. The first kappa shape index (κ1) is 25.3. The van der Waals surface area contributed by atoms with Gasteiger partial charge >= 0.3 is 5.97 Å². The monoisotopic (exact) mass is 481 g/mol. The average molecular weight is 482 g/mol. The molecular formula is C24H39N3O7. The van der Waals surface area contributed by atoms with Crippen molar-refractivity contribution in [2.24, 2.45) is 17.8 Å². The molecule has 4 aliphatic heterocycles. The van der Waals surface area contributed by atoms with Crippen molar-refractivity contribution in [2.75, 3.05) is 52.6 Å². The summed E-state index contributed by atoms with van der Waals surface area (Å²) in [6, 6.07) is -1.40. The van der Waals surface area contributed by atoms with Crippen molar-refractivity contribution < 1.29 is 33.7 Å². The highest BCUT2D eigenvalue weighted by atomic mass is 16.6. The molecule has 10 heteroatoms. The van der Waals surface area contributed by atoms with Crippen molar-refractivity contribution in [2.45, 2.75) is 63.8 Å². The van der Waals surface area contributed by atoms with Gasteiger partial charge in [-0.25, -0.2) is 0 Å². The van der Waals surface area contributed by atoms with Crippen molar-refractivity contribution >= 4 is 17.8 Å². The fourth-order valence-electron chi connectivity index (χ4n) is 6.37. The highest BCUT2D eigenvalue weighted by Gasteiger charge is 2.75. The summed E-state index contributed by atoms with van der Waals surface area (Å²) in [4.78, 5) is 44.1. The summed E-state index contributed by atoms with van der Waals surface area (Å²) in [6.07, 6.45) is 1.27. The molecule has 4 saturated heterocycles. The maximum Gasteiger partial charge on any atom is 0.312 e. The van der Waals surface area contributed by atoms with E-state index in [-0.39, 0.29) is 30.9 Å². The number of carbonyl (C=O) groups is 3. The van der Waals surface area contributed by atoms with Crippen LogP contribution >= 0.6 is 0 Å². The molecule has 0 aromatic heterocycles. The molecule has 2 amide bonds. The molecule has 2 N–H and O–H groups in total. The third-order valence-electron chi connectivity index (χ3n) is 7.72. The molecule has 6 atom stereocenters. The molecule has 4 fully saturated rings. The number of nitrogens with zero attached hydrogens (tertiary/aromatic N) is 2. The number of aliphatic hydroxyl groups is 1. The van der Waals surface area contributed by atoms with Gasteiger partial charge in [0.25, 0.3) is 0 Å². The van der Waals surface area contributed by atoms with Crippen LogP contribution in [0.5, 0.6) is 0 Å². The SMILES string of the molecule is CCOC(=O)[C@@H]1[C@@H]2CC[C@]3(O2)[C@H](C(=O)NCCN2CCOCC2)N([C@@H](CO)CC(C)C)C(=O)[C@@H]13. The van der Waals surface area contributed by atoms with E-state index in [0.29, 0.717) is 45.6 Å². The van der Waals surface area contributed by atoms with Crippen molar-refractivity contribution in [3.8, 4) is 0 Å². The van der Waals surface area contributed by atoms with E-state index in [1.54, 1.807) is 6.92 Å². The molecule has 2 bridgehead atoms. The lowest BCUT2D eigenvalue weighted by molar-refractivity contribution is -0.155. The Morgan fingerprint density at radius 3 is 2.68 bits per heavy atom. The van der Waals surface area contributed by atoms with Crippen LogP contribution in [0.1, 0.15) is 40.0 Å². The number of rotatable bonds is 10. The van der Waals surface area contributed by atoms with Gasteiger partial charge in [0.05, 0.1) is 50.4 Å². The number of hydrogen-bond donors (Lipinski definition) is 2. The van der Waals surface area contributed by atoms with Crippen LogP contribution < -0.4 is 5.32 Å². The Hall–Kier alpha value is -1.75. The van der Waals surface area contributed by atoms with Crippen LogP contribution in [-0.2, 0) is 28.6 Å². The van der Waals surface area contributed by atoms with Crippen LogP contribution in [0.15, 0.2) is 0 Å². The van der Waals surface area contributed by atoms with Crippen LogP contribution in [0.2, 0.25) is 0 Å². The fraction of sp³-hybridized carbons (Fsp3) is 0.875. The quantitative estimate of drug-likeness (QED) is 0.411. The van der Waals surface area contributed by atoms with E-state index in [4.69, 9.17) is 14.2 Å². The molecule has 10 nitrogen and oxygen atoms in total. The highest BCUT2D eigenvalue weighted by Crippen LogP contribution is 2.59.